The molecule has 2 rings (SSSR count). The summed E-state index contributed by atoms with van der Waals surface area (Å²) in [5, 5.41) is 0. The maximum atomic E-state index is 6.03. The summed E-state index contributed by atoms with van der Waals surface area (Å²) in [5.41, 5.74) is 1.93. The molecule has 0 saturated carbocycles. The fourth-order valence-corrected chi connectivity index (χ4v) is 2.17. The minimum atomic E-state index is -0.389. The molecule has 4 nitrogen and oxygen atoms in total. The van der Waals surface area contributed by atoms with Crippen LogP contribution in [0.25, 0.3) is 6.08 Å². The van der Waals surface area contributed by atoms with Crippen molar-refractivity contribution in [1.82, 2.24) is 9.97 Å². The molecule has 1 aromatic heterocycles. The van der Waals surface area contributed by atoms with E-state index in [4.69, 9.17) is 9.31 Å². The third-order valence-corrected chi connectivity index (χ3v) is 4.21. The minimum Gasteiger partial charge on any atom is -0.400 e. The first-order valence-electron chi connectivity index (χ1n) is 6.71. The second kappa shape index (κ2) is 5.50. The van der Waals surface area contributed by atoms with Crippen molar-refractivity contribution in [3.05, 3.63) is 29.3 Å². The highest BCUT2D eigenvalue weighted by molar-refractivity contribution is 7.80. The molecule has 1 saturated heterocycles. The Morgan fingerprint density at radius 1 is 1.25 bits per heavy atom. The van der Waals surface area contributed by atoms with Crippen molar-refractivity contribution >= 4 is 25.8 Å². The molecule has 0 bridgehead atoms. The first-order chi connectivity index (χ1) is 9.25. The van der Waals surface area contributed by atoms with Crippen LogP contribution in [0.5, 0.6) is 0 Å². The van der Waals surface area contributed by atoms with Crippen molar-refractivity contribution in [2.45, 2.75) is 45.8 Å². The first-order valence-corrected chi connectivity index (χ1v) is 7.34. The van der Waals surface area contributed by atoms with E-state index in [0.29, 0.717) is 5.75 Å². The van der Waals surface area contributed by atoms with Gasteiger partial charge in [-0.2, -0.15) is 12.6 Å². The Morgan fingerprint density at radius 2 is 1.85 bits per heavy atom. The van der Waals surface area contributed by atoms with Gasteiger partial charge in [0.15, 0.2) is 0 Å². The van der Waals surface area contributed by atoms with Crippen molar-refractivity contribution in [3.8, 4) is 0 Å². The van der Waals surface area contributed by atoms with E-state index < -0.39 is 0 Å². The molecule has 1 aliphatic rings. The zero-order chi connectivity index (χ0) is 15.0. The molecule has 108 valence electrons. The summed E-state index contributed by atoms with van der Waals surface area (Å²) in [4.78, 5) is 8.56. The lowest BCUT2D eigenvalue weighted by Crippen LogP contribution is -2.41. The van der Waals surface area contributed by atoms with Crippen LogP contribution in [0.3, 0.4) is 0 Å². The van der Waals surface area contributed by atoms with Crippen molar-refractivity contribution < 1.29 is 9.31 Å². The van der Waals surface area contributed by atoms with E-state index >= 15 is 0 Å². The van der Waals surface area contributed by atoms with Gasteiger partial charge in [0.05, 0.1) is 28.8 Å². The van der Waals surface area contributed by atoms with E-state index in [9.17, 15) is 0 Å². The molecule has 1 aromatic rings. The zero-order valence-electron chi connectivity index (χ0n) is 12.7. The summed E-state index contributed by atoms with van der Waals surface area (Å²) >= 11 is 4.38. The molecule has 0 N–H and O–H groups in total. The van der Waals surface area contributed by atoms with Gasteiger partial charge < -0.3 is 9.31 Å². The van der Waals surface area contributed by atoms with Crippen LogP contribution < -0.4 is 0 Å². The summed E-state index contributed by atoms with van der Waals surface area (Å²) in [5.74, 6) is 0.548. The Balaban J connectivity index is 2.26. The number of hydrogen-bond acceptors (Lipinski definition) is 5. The normalized spacial score (nSPS) is 21.3. The molecular weight excluding hydrogens is 271 g/mol. The topological polar surface area (TPSA) is 44.2 Å². The average molecular weight is 292 g/mol. The van der Waals surface area contributed by atoms with Gasteiger partial charge in [0.25, 0.3) is 0 Å². The molecule has 1 fully saturated rings. The van der Waals surface area contributed by atoms with Crippen LogP contribution in [-0.4, -0.2) is 34.0 Å². The first kappa shape index (κ1) is 15.5. The number of aryl methyl sites for hydroxylation is 1. The fourth-order valence-electron chi connectivity index (χ4n) is 1.93. The molecule has 2 heterocycles. The quantitative estimate of drug-likeness (QED) is 0.687. The van der Waals surface area contributed by atoms with Crippen molar-refractivity contribution in [2.24, 2.45) is 0 Å². The third kappa shape index (κ3) is 3.08. The van der Waals surface area contributed by atoms with Gasteiger partial charge in [0, 0.05) is 11.9 Å². The lowest BCUT2D eigenvalue weighted by Gasteiger charge is -2.32. The largest absolute Gasteiger partial charge is 0.491 e. The van der Waals surface area contributed by atoms with Gasteiger partial charge in [0.1, 0.15) is 0 Å². The van der Waals surface area contributed by atoms with Crippen molar-refractivity contribution in [3.63, 3.8) is 0 Å². The Morgan fingerprint density at radius 3 is 2.35 bits per heavy atom. The maximum Gasteiger partial charge on any atom is 0.491 e. The molecule has 6 heteroatoms. The van der Waals surface area contributed by atoms with E-state index in [2.05, 4.69) is 22.6 Å². The Bertz CT molecular complexity index is 516. The van der Waals surface area contributed by atoms with E-state index in [1.807, 2.05) is 40.7 Å². The average Bonchev–Trinajstić information content (AvgIpc) is 2.55. The lowest BCUT2D eigenvalue weighted by atomic mass is 9.78. The Labute approximate surface area is 126 Å². The molecule has 0 unspecified atom stereocenters. The monoisotopic (exact) mass is 292 g/mol. The van der Waals surface area contributed by atoms with Crippen LogP contribution in [0.15, 0.2) is 17.9 Å². The van der Waals surface area contributed by atoms with Gasteiger partial charge in [-0.1, -0.05) is 0 Å². The van der Waals surface area contributed by atoms with Crippen LogP contribution in [0, 0.1) is 6.92 Å². The van der Waals surface area contributed by atoms with Crippen LogP contribution >= 0.6 is 12.6 Å². The molecule has 1 aliphatic heterocycles. The number of thiol groups is 1. The number of nitrogens with zero attached hydrogens (tertiary/aromatic N) is 2. The minimum absolute atomic E-state index is 0.349. The van der Waals surface area contributed by atoms with Gasteiger partial charge in [-0.3, -0.25) is 9.97 Å². The summed E-state index contributed by atoms with van der Waals surface area (Å²) in [6, 6.07) is 0. The highest BCUT2D eigenvalue weighted by Crippen LogP contribution is 2.38. The summed E-state index contributed by atoms with van der Waals surface area (Å²) < 4.78 is 12.1. The Kier molecular flexibility index (Phi) is 4.28. The summed E-state index contributed by atoms with van der Waals surface area (Å²) in [6.07, 6.45) is 5.39. The van der Waals surface area contributed by atoms with Gasteiger partial charge in [0.2, 0.25) is 0 Å². The van der Waals surface area contributed by atoms with Crippen LogP contribution in [0.4, 0.5) is 0 Å². The lowest BCUT2D eigenvalue weighted by molar-refractivity contribution is 0.00578. The predicted octanol–water partition coefficient (Wildman–Crippen LogP) is 2.73. The standard InChI is InChI=1S/C14H21BN2O2S/c1-10-7-16-8-12(17-10)6-11(9-20)15-18-13(2,3)14(4,5)19-15/h6-8,20H,9H2,1-5H3. The van der Waals surface area contributed by atoms with Crippen molar-refractivity contribution in [1.29, 1.82) is 0 Å². The SMILES string of the molecule is Cc1cncc(C=C(CS)B2OC(C)(C)C(C)(C)O2)n1. The second-order valence-corrected chi connectivity index (χ2v) is 6.37. The van der Waals surface area contributed by atoms with Crippen LogP contribution in [0.1, 0.15) is 39.1 Å². The molecule has 0 atom stereocenters. The molecule has 0 spiro atoms. The molecule has 0 aliphatic carbocycles. The van der Waals surface area contributed by atoms with Gasteiger partial charge in [-0.05, 0) is 46.2 Å². The smallest absolute Gasteiger partial charge is 0.400 e. The molecule has 20 heavy (non-hydrogen) atoms. The van der Waals surface area contributed by atoms with Gasteiger partial charge >= 0.3 is 7.12 Å². The molecule has 0 amide bonds. The van der Waals surface area contributed by atoms with E-state index in [0.717, 1.165) is 16.9 Å². The van der Waals surface area contributed by atoms with E-state index in [1.54, 1.807) is 12.4 Å². The summed E-state index contributed by atoms with van der Waals surface area (Å²) in [6.45, 7) is 10.1. The number of aromatic nitrogens is 2. The molecule has 0 aromatic carbocycles. The highest BCUT2D eigenvalue weighted by Gasteiger charge is 2.52. The maximum absolute atomic E-state index is 6.03. The zero-order valence-corrected chi connectivity index (χ0v) is 13.6. The third-order valence-electron chi connectivity index (χ3n) is 3.85. The molecule has 0 radical (unpaired) electrons. The van der Waals surface area contributed by atoms with E-state index in [-0.39, 0.29) is 18.3 Å². The van der Waals surface area contributed by atoms with Crippen LogP contribution in [0.2, 0.25) is 0 Å². The highest BCUT2D eigenvalue weighted by atomic mass is 32.1. The number of hydrogen-bond donors (Lipinski definition) is 1. The van der Waals surface area contributed by atoms with Crippen LogP contribution in [-0.2, 0) is 9.31 Å². The van der Waals surface area contributed by atoms with E-state index in [1.165, 1.54) is 0 Å². The second-order valence-electron chi connectivity index (χ2n) is 6.05. The number of rotatable bonds is 3. The Hall–Kier alpha value is -0.845. The fraction of sp³-hybridized carbons (Fsp3) is 0.571. The summed E-state index contributed by atoms with van der Waals surface area (Å²) in [7, 11) is -0.389. The molecular formula is C14H21BN2O2S. The van der Waals surface area contributed by atoms with Gasteiger partial charge in [-0.25, -0.2) is 0 Å². The predicted molar refractivity (Wildman–Crippen MR) is 84.7 cm³/mol. The van der Waals surface area contributed by atoms with Crippen molar-refractivity contribution in [2.75, 3.05) is 5.75 Å². The van der Waals surface area contributed by atoms with Gasteiger partial charge in [-0.15, -0.1) is 0 Å².